The summed E-state index contributed by atoms with van der Waals surface area (Å²) in [5, 5.41) is 6.90. The van der Waals surface area contributed by atoms with Crippen molar-refractivity contribution in [1.82, 2.24) is 9.55 Å². The van der Waals surface area contributed by atoms with E-state index in [1.54, 1.807) is 11.4 Å². The van der Waals surface area contributed by atoms with Gasteiger partial charge >= 0.3 is 0 Å². The van der Waals surface area contributed by atoms with Gasteiger partial charge in [0.25, 0.3) is 5.91 Å². The number of benzene rings is 2. The van der Waals surface area contributed by atoms with Gasteiger partial charge in [0, 0.05) is 17.5 Å². The van der Waals surface area contributed by atoms with E-state index in [0.29, 0.717) is 34.4 Å². The Labute approximate surface area is 195 Å². The van der Waals surface area contributed by atoms with E-state index in [0.717, 1.165) is 15.8 Å². The van der Waals surface area contributed by atoms with Crippen LogP contribution in [0.3, 0.4) is 0 Å². The molecule has 0 spiro atoms. The number of thiazole rings is 1. The summed E-state index contributed by atoms with van der Waals surface area (Å²) in [7, 11) is 1.50. The maximum Gasteiger partial charge on any atom is 0.274 e. The van der Waals surface area contributed by atoms with E-state index in [4.69, 9.17) is 4.74 Å². The molecule has 2 aromatic carbocycles. The Kier molecular flexibility index (Phi) is 5.65. The predicted molar refractivity (Wildman–Crippen MR) is 127 cm³/mol. The summed E-state index contributed by atoms with van der Waals surface area (Å²) in [5.74, 6) is -0.569. The Balaban J connectivity index is 1.44. The molecular formula is C24H17F2N3O2S2. The first-order valence-electron chi connectivity index (χ1n) is 9.94. The highest BCUT2D eigenvalue weighted by Gasteiger charge is 2.19. The third-order valence-corrected chi connectivity index (χ3v) is 6.76. The number of thiophene rings is 1. The zero-order chi connectivity index (χ0) is 22.9. The minimum absolute atomic E-state index is 0.324. The summed E-state index contributed by atoms with van der Waals surface area (Å²) in [6.45, 7) is 0.352. The Bertz CT molecular complexity index is 1470. The van der Waals surface area contributed by atoms with Gasteiger partial charge in [-0.15, -0.1) is 22.7 Å². The van der Waals surface area contributed by atoms with Crippen LogP contribution < -0.4 is 10.1 Å². The standard InChI is InChI=1S/C24H17F2N3O2S2/c1-31-21-6-5-16(26)10-17(21)18-13-33-24(27-18)28-23(30)20-11-22-19(7-8-32-22)29(20)12-14-3-2-4-15(25)9-14/h2-11,13H,12H2,1H3,(H,27,28,30). The van der Waals surface area contributed by atoms with Crippen LogP contribution in [0.15, 0.2) is 65.4 Å². The molecule has 33 heavy (non-hydrogen) atoms. The van der Waals surface area contributed by atoms with Gasteiger partial charge in [-0.05, 0) is 53.4 Å². The number of hydrogen-bond donors (Lipinski definition) is 1. The third-order valence-electron chi connectivity index (χ3n) is 5.15. The van der Waals surface area contributed by atoms with Crippen LogP contribution in [0.1, 0.15) is 16.1 Å². The fourth-order valence-electron chi connectivity index (χ4n) is 3.65. The van der Waals surface area contributed by atoms with Crippen LogP contribution in [-0.2, 0) is 6.54 Å². The van der Waals surface area contributed by atoms with E-state index in [-0.39, 0.29) is 11.7 Å². The quantitative estimate of drug-likeness (QED) is 0.305. The first-order chi connectivity index (χ1) is 16.0. The number of hydrogen-bond acceptors (Lipinski definition) is 5. The summed E-state index contributed by atoms with van der Waals surface area (Å²) in [6, 6.07) is 14.3. The molecule has 0 saturated carbocycles. The Hall–Kier alpha value is -3.56. The van der Waals surface area contributed by atoms with Crippen molar-refractivity contribution in [2.24, 2.45) is 0 Å². The topological polar surface area (TPSA) is 56.1 Å². The fourth-order valence-corrected chi connectivity index (χ4v) is 5.18. The highest BCUT2D eigenvalue weighted by Crippen LogP contribution is 2.33. The lowest BCUT2D eigenvalue weighted by atomic mass is 10.1. The predicted octanol–water partition coefficient (Wildman–Crippen LogP) is 6.41. The molecule has 0 saturated heterocycles. The average molecular weight is 482 g/mol. The summed E-state index contributed by atoms with van der Waals surface area (Å²) < 4.78 is 35.6. The van der Waals surface area contributed by atoms with Crippen LogP contribution in [0.25, 0.3) is 21.5 Å². The first kappa shape index (κ1) is 21.3. The number of nitrogens with zero attached hydrogens (tertiary/aromatic N) is 2. The molecule has 5 aromatic rings. The SMILES string of the molecule is COc1ccc(F)cc1-c1csc(NC(=O)c2cc3sccc3n2Cc2cccc(F)c2)n1. The molecule has 3 aromatic heterocycles. The van der Waals surface area contributed by atoms with E-state index in [1.807, 2.05) is 28.1 Å². The van der Waals surface area contributed by atoms with Gasteiger partial charge in [-0.25, -0.2) is 13.8 Å². The highest BCUT2D eigenvalue weighted by molar-refractivity contribution is 7.17. The molecule has 1 N–H and O–H groups in total. The van der Waals surface area contributed by atoms with Crippen molar-refractivity contribution in [2.45, 2.75) is 6.54 Å². The number of carbonyl (C=O) groups excluding carboxylic acids is 1. The number of amides is 1. The monoisotopic (exact) mass is 481 g/mol. The summed E-state index contributed by atoms with van der Waals surface area (Å²) in [6.07, 6.45) is 0. The van der Waals surface area contributed by atoms with E-state index >= 15 is 0 Å². The fraction of sp³-hybridized carbons (Fsp3) is 0.0833. The van der Waals surface area contributed by atoms with Gasteiger partial charge in [0.05, 0.1) is 23.0 Å². The van der Waals surface area contributed by atoms with E-state index in [2.05, 4.69) is 10.3 Å². The number of rotatable bonds is 6. The molecule has 0 aliphatic rings. The van der Waals surface area contributed by atoms with Gasteiger partial charge in [-0.1, -0.05) is 12.1 Å². The van der Waals surface area contributed by atoms with E-state index < -0.39 is 5.82 Å². The van der Waals surface area contributed by atoms with Gasteiger partial charge in [0.2, 0.25) is 0 Å². The van der Waals surface area contributed by atoms with Crippen LogP contribution in [0, 0.1) is 11.6 Å². The minimum atomic E-state index is -0.403. The van der Waals surface area contributed by atoms with Crippen LogP contribution in [0.5, 0.6) is 5.75 Å². The second-order valence-electron chi connectivity index (χ2n) is 7.25. The molecule has 0 unspecified atom stereocenters. The second kappa shape index (κ2) is 8.76. The molecule has 5 nitrogen and oxygen atoms in total. The van der Waals surface area contributed by atoms with E-state index in [1.165, 1.54) is 60.1 Å². The molecule has 0 aliphatic heterocycles. The van der Waals surface area contributed by atoms with Crippen molar-refractivity contribution in [3.63, 3.8) is 0 Å². The first-order valence-corrected chi connectivity index (χ1v) is 11.7. The van der Waals surface area contributed by atoms with Crippen LogP contribution >= 0.6 is 22.7 Å². The lowest BCUT2D eigenvalue weighted by Crippen LogP contribution is -2.17. The van der Waals surface area contributed by atoms with Gasteiger partial charge in [0.15, 0.2) is 5.13 Å². The average Bonchev–Trinajstić information content (AvgIpc) is 3.51. The zero-order valence-electron chi connectivity index (χ0n) is 17.3. The number of anilines is 1. The second-order valence-corrected chi connectivity index (χ2v) is 9.06. The molecule has 1 amide bonds. The summed E-state index contributed by atoms with van der Waals surface area (Å²) in [5.41, 5.74) is 3.11. The molecule has 0 bridgehead atoms. The Morgan fingerprint density at radius 1 is 1.09 bits per heavy atom. The molecule has 0 radical (unpaired) electrons. The van der Waals surface area contributed by atoms with Crippen molar-refractivity contribution in [3.8, 4) is 17.0 Å². The molecule has 5 rings (SSSR count). The largest absolute Gasteiger partial charge is 0.496 e. The summed E-state index contributed by atoms with van der Waals surface area (Å²) >= 11 is 2.77. The smallest absolute Gasteiger partial charge is 0.274 e. The van der Waals surface area contributed by atoms with Crippen molar-refractivity contribution in [1.29, 1.82) is 0 Å². The van der Waals surface area contributed by atoms with Crippen LogP contribution in [-0.4, -0.2) is 22.6 Å². The molecule has 0 atom stereocenters. The van der Waals surface area contributed by atoms with E-state index in [9.17, 15) is 13.6 Å². The Morgan fingerprint density at radius 3 is 2.76 bits per heavy atom. The molecule has 9 heteroatoms. The van der Waals surface area contributed by atoms with Crippen molar-refractivity contribution >= 4 is 43.9 Å². The number of halogens is 2. The number of methoxy groups -OCH3 is 1. The minimum Gasteiger partial charge on any atom is -0.496 e. The number of nitrogens with one attached hydrogen (secondary N) is 1. The molecule has 0 aliphatic carbocycles. The van der Waals surface area contributed by atoms with Crippen molar-refractivity contribution in [2.75, 3.05) is 12.4 Å². The van der Waals surface area contributed by atoms with Crippen molar-refractivity contribution < 1.29 is 18.3 Å². The highest BCUT2D eigenvalue weighted by atomic mass is 32.1. The van der Waals surface area contributed by atoms with Gasteiger partial charge in [-0.2, -0.15) is 0 Å². The number of fused-ring (bicyclic) bond motifs is 1. The van der Waals surface area contributed by atoms with Crippen molar-refractivity contribution in [3.05, 3.63) is 88.2 Å². The van der Waals surface area contributed by atoms with Gasteiger partial charge < -0.3 is 9.30 Å². The molecule has 0 fully saturated rings. The maximum absolute atomic E-state index is 13.8. The molecule has 166 valence electrons. The summed E-state index contributed by atoms with van der Waals surface area (Å²) in [4.78, 5) is 17.6. The normalized spacial score (nSPS) is 11.1. The number of aromatic nitrogens is 2. The van der Waals surface area contributed by atoms with Crippen LogP contribution in [0.2, 0.25) is 0 Å². The number of ether oxygens (including phenoxy) is 1. The Morgan fingerprint density at radius 2 is 1.94 bits per heavy atom. The molecule has 3 heterocycles. The zero-order valence-corrected chi connectivity index (χ0v) is 19.0. The lowest BCUT2D eigenvalue weighted by molar-refractivity contribution is 0.101. The molecular weight excluding hydrogens is 464 g/mol. The number of carbonyl (C=O) groups is 1. The van der Waals surface area contributed by atoms with Gasteiger partial charge in [-0.3, -0.25) is 10.1 Å². The maximum atomic E-state index is 13.8. The van der Waals surface area contributed by atoms with Crippen LogP contribution in [0.4, 0.5) is 13.9 Å². The third kappa shape index (κ3) is 4.24. The lowest BCUT2D eigenvalue weighted by Gasteiger charge is -2.10. The van der Waals surface area contributed by atoms with Gasteiger partial charge in [0.1, 0.15) is 23.1 Å².